The van der Waals surface area contributed by atoms with Crippen LogP contribution >= 0.6 is 0 Å². The molecule has 0 aliphatic heterocycles. The molecule has 60 heavy (non-hydrogen) atoms. The van der Waals surface area contributed by atoms with Crippen molar-refractivity contribution in [3.05, 3.63) is 243 Å². The van der Waals surface area contributed by atoms with E-state index in [9.17, 15) is 0 Å². The van der Waals surface area contributed by atoms with Gasteiger partial charge in [0.05, 0.1) is 16.7 Å². The van der Waals surface area contributed by atoms with Crippen LogP contribution in [0, 0.1) is 0 Å². The summed E-state index contributed by atoms with van der Waals surface area (Å²) in [7, 11) is 0. The highest BCUT2D eigenvalue weighted by molar-refractivity contribution is 6.17. The standard InChI is InChI=1S/C58H40N2/c1-5-16-41(17-6-1)43-28-30-46(31-29-43)51-26-15-27-56-58(51)54-37-36-49(40-57(54)60(56)47-22-11-4-12-23-47)59(48-34-32-44(33-35-48)42-18-7-2-8-19-42)55-39-38-50(45-20-9-3-10-21-45)52-24-13-14-25-53(52)55/h1-40H. The number of fused-ring (bicyclic) bond motifs is 4. The van der Waals surface area contributed by atoms with Gasteiger partial charge in [-0.25, -0.2) is 0 Å². The number of nitrogens with zero attached hydrogens (tertiary/aromatic N) is 2. The van der Waals surface area contributed by atoms with E-state index in [1.165, 1.54) is 71.6 Å². The zero-order chi connectivity index (χ0) is 39.8. The Balaban J connectivity index is 1.13. The molecular weight excluding hydrogens is 725 g/mol. The first-order valence-electron chi connectivity index (χ1n) is 20.6. The van der Waals surface area contributed by atoms with Gasteiger partial charge in [0, 0.05) is 33.2 Å². The number of para-hydroxylation sites is 1. The van der Waals surface area contributed by atoms with Crippen LogP contribution in [0.2, 0.25) is 0 Å². The Morgan fingerprint density at radius 3 is 1.43 bits per heavy atom. The maximum atomic E-state index is 2.43. The van der Waals surface area contributed by atoms with Crippen LogP contribution in [0.4, 0.5) is 17.1 Å². The van der Waals surface area contributed by atoms with E-state index in [-0.39, 0.29) is 0 Å². The minimum atomic E-state index is 1.08. The molecule has 0 amide bonds. The summed E-state index contributed by atoms with van der Waals surface area (Å²) in [5, 5.41) is 4.86. The van der Waals surface area contributed by atoms with Gasteiger partial charge in [0.15, 0.2) is 0 Å². The molecule has 2 nitrogen and oxygen atoms in total. The van der Waals surface area contributed by atoms with E-state index in [1.807, 2.05) is 0 Å². The van der Waals surface area contributed by atoms with Gasteiger partial charge in [0.1, 0.15) is 0 Å². The zero-order valence-corrected chi connectivity index (χ0v) is 33.0. The monoisotopic (exact) mass is 764 g/mol. The van der Waals surface area contributed by atoms with Crippen LogP contribution in [-0.2, 0) is 0 Å². The predicted octanol–water partition coefficient (Wildman–Crippen LogP) is 16.1. The van der Waals surface area contributed by atoms with Crippen LogP contribution in [-0.4, -0.2) is 4.57 Å². The molecule has 0 radical (unpaired) electrons. The second kappa shape index (κ2) is 15.1. The first-order chi connectivity index (χ1) is 29.8. The van der Waals surface area contributed by atoms with E-state index in [0.29, 0.717) is 0 Å². The Kier molecular flexibility index (Phi) is 8.87. The average molecular weight is 765 g/mol. The molecule has 0 aliphatic rings. The van der Waals surface area contributed by atoms with Crippen molar-refractivity contribution in [2.24, 2.45) is 0 Å². The minimum absolute atomic E-state index is 1.08. The zero-order valence-electron chi connectivity index (χ0n) is 33.0. The van der Waals surface area contributed by atoms with Crippen molar-refractivity contribution in [2.45, 2.75) is 0 Å². The molecule has 282 valence electrons. The van der Waals surface area contributed by atoms with Crippen molar-refractivity contribution in [3.8, 4) is 50.2 Å². The largest absolute Gasteiger partial charge is 0.310 e. The molecule has 10 aromatic carbocycles. The van der Waals surface area contributed by atoms with Gasteiger partial charge in [0.2, 0.25) is 0 Å². The van der Waals surface area contributed by atoms with Gasteiger partial charge in [-0.2, -0.15) is 0 Å². The molecule has 0 saturated carbocycles. The maximum absolute atomic E-state index is 2.43. The Morgan fingerprint density at radius 1 is 0.283 bits per heavy atom. The summed E-state index contributed by atoms with van der Waals surface area (Å²) in [4.78, 5) is 2.43. The minimum Gasteiger partial charge on any atom is -0.310 e. The van der Waals surface area contributed by atoms with Crippen LogP contribution in [0.5, 0.6) is 0 Å². The smallest absolute Gasteiger partial charge is 0.0562 e. The van der Waals surface area contributed by atoms with E-state index >= 15 is 0 Å². The Morgan fingerprint density at radius 2 is 0.783 bits per heavy atom. The molecule has 0 spiro atoms. The molecule has 0 saturated heterocycles. The summed E-state index contributed by atoms with van der Waals surface area (Å²) >= 11 is 0. The van der Waals surface area contributed by atoms with Gasteiger partial charge < -0.3 is 9.47 Å². The average Bonchev–Trinajstić information content (AvgIpc) is 3.67. The summed E-state index contributed by atoms with van der Waals surface area (Å²) in [5.41, 5.74) is 16.4. The van der Waals surface area contributed by atoms with Gasteiger partial charge >= 0.3 is 0 Å². The number of benzene rings is 10. The third kappa shape index (κ3) is 6.23. The van der Waals surface area contributed by atoms with Gasteiger partial charge in [0.25, 0.3) is 0 Å². The fraction of sp³-hybridized carbons (Fsp3) is 0. The van der Waals surface area contributed by atoms with Crippen molar-refractivity contribution in [3.63, 3.8) is 0 Å². The molecule has 0 atom stereocenters. The summed E-state index contributed by atoms with van der Waals surface area (Å²) in [6.07, 6.45) is 0. The lowest BCUT2D eigenvalue weighted by atomic mass is 9.96. The molecule has 1 aromatic heterocycles. The van der Waals surface area contributed by atoms with Crippen molar-refractivity contribution in [1.29, 1.82) is 0 Å². The molecule has 0 N–H and O–H groups in total. The van der Waals surface area contributed by atoms with Gasteiger partial charge in [-0.1, -0.05) is 194 Å². The number of aromatic nitrogens is 1. The topological polar surface area (TPSA) is 8.17 Å². The third-order valence-corrected chi connectivity index (χ3v) is 11.8. The highest BCUT2D eigenvalue weighted by Gasteiger charge is 2.22. The number of hydrogen-bond acceptors (Lipinski definition) is 1. The number of anilines is 3. The van der Waals surface area contributed by atoms with Crippen LogP contribution in [0.3, 0.4) is 0 Å². The lowest BCUT2D eigenvalue weighted by molar-refractivity contribution is 1.18. The summed E-state index contributed by atoms with van der Waals surface area (Å²) in [5.74, 6) is 0. The predicted molar refractivity (Wildman–Crippen MR) is 255 cm³/mol. The lowest BCUT2D eigenvalue weighted by Gasteiger charge is -2.28. The molecular formula is C58H40N2. The molecule has 0 bridgehead atoms. The summed E-state index contributed by atoms with van der Waals surface area (Å²) in [6, 6.07) is 87.9. The second-order valence-corrected chi connectivity index (χ2v) is 15.3. The Hall–Kier alpha value is -7.94. The lowest BCUT2D eigenvalue weighted by Crippen LogP contribution is -2.11. The molecule has 0 fully saturated rings. The van der Waals surface area contributed by atoms with E-state index in [4.69, 9.17) is 0 Å². The number of rotatable bonds is 8. The summed E-state index contributed by atoms with van der Waals surface area (Å²) < 4.78 is 2.43. The van der Waals surface area contributed by atoms with E-state index < -0.39 is 0 Å². The summed E-state index contributed by atoms with van der Waals surface area (Å²) in [6.45, 7) is 0. The van der Waals surface area contributed by atoms with Crippen LogP contribution < -0.4 is 4.90 Å². The van der Waals surface area contributed by atoms with Crippen molar-refractivity contribution >= 4 is 49.6 Å². The first-order valence-corrected chi connectivity index (χ1v) is 20.6. The van der Waals surface area contributed by atoms with Crippen LogP contribution in [0.1, 0.15) is 0 Å². The van der Waals surface area contributed by atoms with E-state index in [1.54, 1.807) is 0 Å². The van der Waals surface area contributed by atoms with E-state index in [0.717, 1.165) is 28.3 Å². The molecule has 0 unspecified atom stereocenters. The van der Waals surface area contributed by atoms with Crippen molar-refractivity contribution in [1.82, 2.24) is 4.57 Å². The molecule has 2 heteroatoms. The fourth-order valence-electron chi connectivity index (χ4n) is 8.97. The first kappa shape index (κ1) is 35.2. The molecule has 1 heterocycles. The van der Waals surface area contributed by atoms with Crippen LogP contribution in [0.15, 0.2) is 243 Å². The molecule has 11 aromatic rings. The van der Waals surface area contributed by atoms with Gasteiger partial charge in [-0.15, -0.1) is 0 Å². The van der Waals surface area contributed by atoms with Crippen molar-refractivity contribution in [2.75, 3.05) is 4.90 Å². The van der Waals surface area contributed by atoms with Crippen LogP contribution in [0.25, 0.3) is 82.8 Å². The third-order valence-electron chi connectivity index (χ3n) is 11.8. The fourth-order valence-corrected chi connectivity index (χ4v) is 8.97. The van der Waals surface area contributed by atoms with Gasteiger partial charge in [-0.3, -0.25) is 0 Å². The quantitative estimate of drug-likeness (QED) is 0.150. The highest BCUT2D eigenvalue weighted by Crippen LogP contribution is 2.45. The second-order valence-electron chi connectivity index (χ2n) is 15.3. The van der Waals surface area contributed by atoms with E-state index in [2.05, 4.69) is 252 Å². The SMILES string of the molecule is c1ccc(-c2ccc(-c3cccc4c3c3ccc(N(c5ccc(-c6ccccc6)cc5)c5ccc(-c6ccccc6)c6ccccc56)cc3n4-c3ccccc3)cc2)cc1. The maximum Gasteiger partial charge on any atom is 0.0562 e. The molecule has 11 rings (SSSR count). The Bertz CT molecular complexity index is 3260. The number of hydrogen-bond donors (Lipinski definition) is 0. The highest BCUT2D eigenvalue weighted by atomic mass is 15.1. The normalized spacial score (nSPS) is 11.3. The van der Waals surface area contributed by atoms with Crippen molar-refractivity contribution < 1.29 is 0 Å². The van der Waals surface area contributed by atoms with Gasteiger partial charge in [-0.05, 0) is 98.4 Å². The molecule has 0 aliphatic carbocycles. The Labute approximate surface area is 350 Å².